The third-order valence-electron chi connectivity index (χ3n) is 3.20. The Labute approximate surface area is 141 Å². The highest BCUT2D eigenvalue weighted by atomic mass is 16.6. The quantitative estimate of drug-likeness (QED) is 0.420. The van der Waals surface area contributed by atoms with Crippen LogP contribution >= 0.6 is 0 Å². The van der Waals surface area contributed by atoms with E-state index in [0.717, 1.165) is 0 Å². The van der Waals surface area contributed by atoms with Crippen LogP contribution in [0.3, 0.4) is 0 Å². The number of pyridine rings is 1. The normalized spacial score (nSPS) is 10.9. The second-order valence-electron chi connectivity index (χ2n) is 4.88. The van der Waals surface area contributed by atoms with Gasteiger partial charge in [-0.15, -0.1) is 5.11 Å². The summed E-state index contributed by atoms with van der Waals surface area (Å²) in [4.78, 5) is 22.4. The van der Waals surface area contributed by atoms with Crippen molar-refractivity contribution in [2.24, 2.45) is 10.2 Å². The first-order valence-corrected chi connectivity index (χ1v) is 7.04. The number of hydrogen-bond donors (Lipinski definition) is 2. The zero-order chi connectivity index (χ0) is 17.8. The van der Waals surface area contributed by atoms with Crippen LogP contribution in [0.15, 0.2) is 59.0 Å². The van der Waals surface area contributed by atoms with Crippen molar-refractivity contribution in [3.63, 3.8) is 0 Å². The molecule has 2 heterocycles. The van der Waals surface area contributed by atoms with Crippen molar-refractivity contribution >= 4 is 28.7 Å². The highest BCUT2D eigenvalue weighted by Crippen LogP contribution is 2.31. The van der Waals surface area contributed by atoms with Crippen molar-refractivity contribution in [2.45, 2.75) is 0 Å². The summed E-state index contributed by atoms with van der Waals surface area (Å²) in [6, 6.07) is 9.02. The lowest BCUT2D eigenvalue weighted by Gasteiger charge is -2.05. The van der Waals surface area contributed by atoms with Crippen LogP contribution < -0.4 is 11.5 Å². The Morgan fingerprint density at radius 1 is 0.920 bits per heavy atom. The molecule has 0 spiro atoms. The predicted octanol–water partition coefficient (Wildman–Crippen LogP) is 3.03. The average Bonchev–Trinajstić information content (AvgIpc) is 2.62. The molecule has 2 aromatic heterocycles. The molecule has 10 heteroatoms. The minimum atomic E-state index is -0.497. The predicted molar refractivity (Wildman–Crippen MR) is 91.4 cm³/mol. The van der Waals surface area contributed by atoms with Gasteiger partial charge in [0.25, 0.3) is 5.69 Å². The monoisotopic (exact) mass is 336 g/mol. The first-order chi connectivity index (χ1) is 12.0. The van der Waals surface area contributed by atoms with E-state index in [2.05, 4.69) is 25.2 Å². The molecule has 1 aromatic carbocycles. The molecule has 124 valence electrons. The maximum absolute atomic E-state index is 10.6. The second-order valence-corrected chi connectivity index (χ2v) is 4.88. The molecular weight excluding hydrogens is 324 g/mol. The number of aromatic nitrogens is 3. The van der Waals surface area contributed by atoms with Crippen LogP contribution in [0.4, 0.5) is 28.7 Å². The summed E-state index contributed by atoms with van der Waals surface area (Å²) in [6.07, 6.45) is 3.21. The Bertz CT molecular complexity index is 919. The molecule has 25 heavy (non-hydrogen) atoms. The van der Waals surface area contributed by atoms with Crippen molar-refractivity contribution in [1.82, 2.24) is 15.0 Å². The van der Waals surface area contributed by atoms with Gasteiger partial charge in [-0.1, -0.05) is 0 Å². The largest absolute Gasteiger partial charge is 0.382 e. The number of nitrogens with zero attached hydrogens (tertiary/aromatic N) is 6. The summed E-state index contributed by atoms with van der Waals surface area (Å²) in [5.41, 5.74) is 13.0. The standard InChI is InChI=1S/C15H12N8O2/c16-13-12(22-21-10-1-3-11(4-2-10)23(24)25)14(17)20-15(19-13)9-5-7-18-8-6-9/h1-8H,(H4,16,17,19,20). The van der Waals surface area contributed by atoms with Gasteiger partial charge in [-0.25, -0.2) is 9.97 Å². The van der Waals surface area contributed by atoms with Gasteiger partial charge in [0.2, 0.25) is 0 Å². The number of nitro groups is 1. The second kappa shape index (κ2) is 6.66. The number of rotatable bonds is 4. The van der Waals surface area contributed by atoms with Gasteiger partial charge in [0.1, 0.15) is 0 Å². The molecular formula is C15H12N8O2. The fourth-order valence-corrected chi connectivity index (χ4v) is 1.97. The van der Waals surface area contributed by atoms with Crippen molar-refractivity contribution in [2.75, 3.05) is 11.5 Å². The highest BCUT2D eigenvalue weighted by molar-refractivity contribution is 5.73. The van der Waals surface area contributed by atoms with Gasteiger partial charge in [-0.3, -0.25) is 15.1 Å². The number of nitrogen functional groups attached to an aromatic ring is 2. The SMILES string of the molecule is Nc1nc(-c2ccncc2)nc(N)c1N=Nc1ccc([N+](=O)[O-])cc1. The minimum Gasteiger partial charge on any atom is -0.382 e. The fourth-order valence-electron chi connectivity index (χ4n) is 1.97. The van der Waals surface area contributed by atoms with E-state index < -0.39 is 4.92 Å². The van der Waals surface area contributed by atoms with Crippen LogP contribution in [0.5, 0.6) is 0 Å². The topological polar surface area (TPSA) is 159 Å². The van der Waals surface area contributed by atoms with Crippen molar-refractivity contribution in [3.8, 4) is 11.4 Å². The summed E-state index contributed by atoms with van der Waals surface area (Å²) in [5.74, 6) is 0.502. The van der Waals surface area contributed by atoms with E-state index in [0.29, 0.717) is 17.1 Å². The number of anilines is 2. The number of non-ortho nitro benzene ring substituents is 1. The number of nitro benzene ring substituents is 1. The van der Waals surface area contributed by atoms with Crippen LogP contribution in [0.25, 0.3) is 11.4 Å². The number of benzene rings is 1. The lowest BCUT2D eigenvalue weighted by molar-refractivity contribution is -0.384. The highest BCUT2D eigenvalue weighted by Gasteiger charge is 2.11. The fraction of sp³-hybridized carbons (Fsp3) is 0. The van der Waals surface area contributed by atoms with Crippen molar-refractivity contribution in [1.29, 1.82) is 0 Å². The van der Waals surface area contributed by atoms with E-state index in [1.165, 1.54) is 24.3 Å². The lowest BCUT2D eigenvalue weighted by atomic mass is 10.2. The van der Waals surface area contributed by atoms with Crippen LogP contribution in [-0.4, -0.2) is 19.9 Å². The molecule has 0 aliphatic heterocycles. The summed E-state index contributed by atoms with van der Waals surface area (Å²) in [5, 5.41) is 18.5. The zero-order valence-corrected chi connectivity index (χ0v) is 12.8. The van der Waals surface area contributed by atoms with Gasteiger partial charge in [0.05, 0.1) is 10.6 Å². The molecule has 0 atom stereocenters. The molecule has 10 nitrogen and oxygen atoms in total. The van der Waals surface area contributed by atoms with E-state index in [9.17, 15) is 10.1 Å². The number of azo groups is 1. The van der Waals surface area contributed by atoms with Gasteiger partial charge < -0.3 is 11.5 Å². The molecule has 0 unspecified atom stereocenters. The Kier molecular flexibility index (Phi) is 4.24. The first-order valence-electron chi connectivity index (χ1n) is 7.04. The van der Waals surface area contributed by atoms with Crippen LogP contribution in [0.1, 0.15) is 0 Å². The maximum Gasteiger partial charge on any atom is 0.269 e. The maximum atomic E-state index is 10.6. The Morgan fingerprint density at radius 2 is 1.52 bits per heavy atom. The number of hydrogen-bond acceptors (Lipinski definition) is 9. The zero-order valence-electron chi connectivity index (χ0n) is 12.8. The van der Waals surface area contributed by atoms with Gasteiger partial charge in [-0.05, 0) is 24.3 Å². The van der Waals surface area contributed by atoms with Crippen LogP contribution in [0, 0.1) is 10.1 Å². The molecule has 3 aromatic rings. The molecule has 0 aliphatic carbocycles. The van der Waals surface area contributed by atoms with Gasteiger partial charge in [0, 0.05) is 30.1 Å². The van der Waals surface area contributed by atoms with E-state index in [-0.39, 0.29) is 23.0 Å². The molecule has 0 saturated heterocycles. The van der Waals surface area contributed by atoms with E-state index in [1.54, 1.807) is 24.5 Å². The van der Waals surface area contributed by atoms with Crippen LogP contribution in [-0.2, 0) is 0 Å². The minimum absolute atomic E-state index is 0.0389. The lowest BCUT2D eigenvalue weighted by Crippen LogP contribution is -2.01. The van der Waals surface area contributed by atoms with Gasteiger partial charge in [-0.2, -0.15) is 5.11 Å². The molecule has 4 N–H and O–H groups in total. The van der Waals surface area contributed by atoms with Crippen molar-refractivity contribution < 1.29 is 4.92 Å². The summed E-state index contributed by atoms with van der Waals surface area (Å²) < 4.78 is 0. The Morgan fingerprint density at radius 3 is 2.08 bits per heavy atom. The molecule has 0 fully saturated rings. The molecule has 0 aliphatic rings. The third-order valence-corrected chi connectivity index (χ3v) is 3.20. The molecule has 0 bridgehead atoms. The molecule has 3 rings (SSSR count). The summed E-state index contributed by atoms with van der Waals surface area (Å²) >= 11 is 0. The number of nitrogens with two attached hydrogens (primary N) is 2. The summed E-state index contributed by atoms with van der Waals surface area (Å²) in [7, 11) is 0. The van der Waals surface area contributed by atoms with Gasteiger partial charge >= 0.3 is 0 Å². The molecule has 0 saturated carbocycles. The summed E-state index contributed by atoms with van der Waals surface area (Å²) in [6.45, 7) is 0. The smallest absolute Gasteiger partial charge is 0.269 e. The average molecular weight is 336 g/mol. The van der Waals surface area contributed by atoms with Crippen LogP contribution in [0.2, 0.25) is 0 Å². The third kappa shape index (κ3) is 3.52. The van der Waals surface area contributed by atoms with E-state index >= 15 is 0 Å². The van der Waals surface area contributed by atoms with Crippen molar-refractivity contribution in [3.05, 3.63) is 58.9 Å². The van der Waals surface area contributed by atoms with E-state index in [4.69, 9.17) is 11.5 Å². The molecule has 0 amide bonds. The van der Waals surface area contributed by atoms with Gasteiger partial charge in [0.15, 0.2) is 23.1 Å². The Hall–Kier alpha value is -3.95. The first kappa shape index (κ1) is 15.9. The Balaban J connectivity index is 1.89. The van der Waals surface area contributed by atoms with E-state index in [1.807, 2.05) is 0 Å². The molecule has 0 radical (unpaired) electrons.